The SMILES string of the molecule is CCn1c(=O)c(C(=O)Nc2ccc(C(C)C)cc2)c(O)c2sccc21. The van der Waals surface area contributed by atoms with Gasteiger partial charge in [-0.15, -0.1) is 11.3 Å². The number of aryl methyl sites for hydroxylation is 1. The molecule has 0 radical (unpaired) electrons. The second-order valence-corrected chi connectivity index (χ2v) is 7.05. The molecular weight excluding hydrogens is 336 g/mol. The van der Waals surface area contributed by atoms with Crippen LogP contribution in [0.4, 0.5) is 5.69 Å². The fourth-order valence-electron chi connectivity index (χ4n) is 2.81. The number of anilines is 1. The van der Waals surface area contributed by atoms with Gasteiger partial charge in [0, 0.05) is 12.2 Å². The summed E-state index contributed by atoms with van der Waals surface area (Å²) in [6.07, 6.45) is 0. The molecule has 5 nitrogen and oxygen atoms in total. The highest BCUT2D eigenvalue weighted by atomic mass is 32.1. The number of aromatic nitrogens is 1. The van der Waals surface area contributed by atoms with E-state index in [2.05, 4.69) is 19.2 Å². The van der Waals surface area contributed by atoms with Crippen LogP contribution < -0.4 is 10.9 Å². The molecule has 6 heteroatoms. The third kappa shape index (κ3) is 3.05. The van der Waals surface area contributed by atoms with Crippen LogP contribution in [0.1, 0.15) is 42.6 Å². The summed E-state index contributed by atoms with van der Waals surface area (Å²) in [6.45, 7) is 6.45. The Labute approximate surface area is 149 Å². The summed E-state index contributed by atoms with van der Waals surface area (Å²) in [6, 6.07) is 9.25. The predicted octanol–water partition coefficient (Wildman–Crippen LogP) is 4.16. The first kappa shape index (κ1) is 17.2. The van der Waals surface area contributed by atoms with Crippen molar-refractivity contribution in [3.63, 3.8) is 0 Å². The summed E-state index contributed by atoms with van der Waals surface area (Å²) in [4.78, 5) is 25.3. The van der Waals surface area contributed by atoms with E-state index in [1.807, 2.05) is 19.1 Å². The van der Waals surface area contributed by atoms with Gasteiger partial charge in [-0.3, -0.25) is 9.59 Å². The molecule has 2 N–H and O–H groups in total. The summed E-state index contributed by atoms with van der Waals surface area (Å²) in [5, 5.41) is 14.9. The van der Waals surface area contributed by atoms with Gasteiger partial charge in [0.25, 0.3) is 11.5 Å². The zero-order valence-electron chi connectivity index (χ0n) is 14.4. The number of thiophene rings is 1. The van der Waals surface area contributed by atoms with Gasteiger partial charge in [0.2, 0.25) is 0 Å². The van der Waals surface area contributed by atoms with Gasteiger partial charge >= 0.3 is 0 Å². The zero-order valence-corrected chi connectivity index (χ0v) is 15.2. The highest BCUT2D eigenvalue weighted by molar-refractivity contribution is 7.17. The Morgan fingerprint density at radius 3 is 2.52 bits per heavy atom. The highest BCUT2D eigenvalue weighted by Crippen LogP contribution is 2.31. The van der Waals surface area contributed by atoms with Crippen LogP contribution in [0, 0.1) is 0 Å². The summed E-state index contributed by atoms with van der Waals surface area (Å²) in [7, 11) is 0. The number of nitrogens with one attached hydrogen (secondary N) is 1. The number of aromatic hydroxyl groups is 1. The average Bonchev–Trinajstić information content (AvgIpc) is 3.05. The van der Waals surface area contributed by atoms with Crippen LogP contribution in [-0.2, 0) is 6.54 Å². The third-order valence-corrected chi connectivity index (χ3v) is 5.13. The molecule has 0 aliphatic heterocycles. The van der Waals surface area contributed by atoms with Gasteiger partial charge in [-0.2, -0.15) is 0 Å². The van der Waals surface area contributed by atoms with E-state index in [0.29, 0.717) is 28.4 Å². The van der Waals surface area contributed by atoms with Crippen LogP contribution >= 0.6 is 11.3 Å². The first-order valence-corrected chi connectivity index (χ1v) is 9.06. The lowest BCUT2D eigenvalue weighted by atomic mass is 10.0. The largest absolute Gasteiger partial charge is 0.505 e. The Morgan fingerprint density at radius 2 is 1.92 bits per heavy atom. The lowest BCUT2D eigenvalue weighted by Gasteiger charge is -2.12. The predicted molar refractivity (Wildman–Crippen MR) is 102 cm³/mol. The van der Waals surface area contributed by atoms with E-state index in [-0.39, 0.29) is 11.3 Å². The number of amides is 1. The second-order valence-electron chi connectivity index (χ2n) is 6.14. The van der Waals surface area contributed by atoms with Crippen molar-refractivity contribution in [3.8, 4) is 5.75 Å². The number of benzene rings is 1. The third-order valence-electron chi connectivity index (χ3n) is 4.22. The van der Waals surface area contributed by atoms with E-state index in [0.717, 1.165) is 5.56 Å². The van der Waals surface area contributed by atoms with Crippen molar-refractivity contribution in [2.24, 2.45) is 0 Å². The van der Waals surface area contributed by atoms with E-state index in [1.54, 1.807) is 23.6 Å². The first-order valence-electron chi connectivity index (χ1n) is 8.18. The second kappa shape index (κ2) is 6.72. The average molecular weight is 356 g/mol. The monoisotopic (exact) mass is 356 g/mol. The standard InChI is InChI=1S/C19H20N2O3S/c1-4-21-14-9-10-25-17(14)16(22)15(19(21)24)18(23)20-13-7-5-12(6-8-13)11(2)3/h5-11,22H,4H2,1-3H3,(H,20,23). The number of carbonyl (C=O) groups excluding carboxylic acids is 1. The maximum atomic E-state index is 12.7. The molecule has 3 aromatic rings. The Morgan fingerprint density at radius 1 is 1.24 bits per heavy atom. The zero-order chi connectivity index (χ0) is 18.1. The molecule has 2 heterocycles. The molecule has 0 fully saturated rings. The van der Waals surface area contributed by atoms with E-state index in [4.69, 9.17) is 0 Å². The molecule has 0 aliphatic carbocycles. The Kier molecular flexibility index (Phi) is 4.63. The maximum absolute atomic E-state index is 12.7. The summed E-state index contributed by atoms with van der Waals surface area (Å²) in [5.41, 5.74) is 1.69. The fourth-order valence-corrected chi connectivity index (χ4v) is 3.66. The normalized spacial score (nSPS) is 11.2. The number of fused-ring (bicyclic) bond motifs is 1. The first-order chi connectivity index (χ1) is 11.9. The quantitative estimate of drug-likeness (QED) is 0.737. The number of pyridine rings is 1. The van der Waals surface area contributed by atoms with Crippen molar-refractivity contribution in [2.75, 3.05) is 5.32 Å². The van der Waals surface area contributed by atoms with E-state index >= 15 is 0 Å². The van der Waals surface area contributed by atoms with E-state index in [9.17, 15) is 14.7 Å². The number of rotatable bonds is 4. The minimum Gasteiger partial charge on any atom is -0.505 e. The van der Waals surface area contributed by atoms with Crippen LogP contribution in [0.5, 0.6) is 5.75 Å². The minimum atomic E-state index is -0.600. The molecule has 0 aliphatic rings. The van der Waals surface area contributed by atoms with Gasteiger partial charge in [0.1, 0.15) is 5.56 Å². The molecule has 0 atom stereocenters. The van der Waals surface area contributed by atoms with E-state index < -0.39 is 11.5 Å². The molecular formula is C19H20N2O3S. The van der Waals surface area contributed by atoms with Crippen LogP contribution in [0.25, 0.3) is 10.2 Å². The molecule has 25 heavy (non-hydrogen) atoms. The van der Waals surface area contributed by atoms with Crippen molar-refractivity contribution in [3.05, 3.63) is 57.2 Å². The molecule has 1 aromatic carbocycles. The van der Waals surface area contributed by atoms with Gasteiger partial charge in [-0.05, 0) is 42.0 Å². The van der Waals surface area contributed by atoms with Crippen molar-refractivity contribution >= 4 is 33.1 Å². The van der Waals surface area contributed by atoms with Crippen LogP contribution in [-0.4, -0.2) is 15.6 Å². The van der Waals surface area contributed by atoms with Gasteiger partial charge in [0.05, 0.1) is 10.2 Å². The van der Waals surface area contributed by atoms with Crippen molar-refractivity contribution in [1.29, 1.82) is 0 Å². The van der Waals surface area contributed by atoms with Gasteiger partial charge in [0.15, 0.2) is 5.75 Å². The molecule has 0 spiro atoms. The molecule has 0 unspecified atom stereocenters. The van der Waals surface area contributed by atoms with Gasteiger partial charge < -0.3 is 15.0 Å². The number of hydrogen-bond acceptors (Lipinski definition) is 4. The molecule has 3 rings (SSSR count). The Hall–Kier alpha value is -2.60. The van der Waals surface area contributed by atoms with Crippen LogP contribution in [0.15, 0.2) is 40.5 Å². The lowest BCUT2D eigenvalue weighted by Crippen LogP contribution is -2.29. The summed E-state index contributed by atoms with van der Waals surface area (Å²) in [5.74, 6) is -0.458. The Bertz CT molecular complexity index is 984. The van der Waals surface area contributed by atoms with Crippen molar-refractivity contribution in [2.45, 2.75) is 33.2 Å². The molecule has 0 saturated heterocycles. The minimum absolute atomic E-state index is 0.218. The van der Waals surface area contributed by atoms with Gasteiger partial charge in [-0.1, -0.05) is 26.0 Å². The summed E-state index contributed by atoms with van der Waals surface area (Å²) >= 11 is 1.31. The Balaban J connectivity index is 2.01. The number of carbonyl (C=O) groups is 1. The van der Waals surface area contributed by atoms with Crippen molar-refractivity contribution in [1.82, 2.24) is 4.57 Å². The van der Waals surface area contributed by atoms with Crippen molar-refractivity contribution < 1.29 is 9.90 Å². The fraction of sp³-hybridized carbons (Fsp3) is 0.263. The molecule has 1 amide bonds. The number of hydrogen-bond donors (Lipinski definition) is 2. The molecule has 0 saturated carbocycles. The topological polar surface area (TPSA) is 71.3 Å². The van der Waals surface area contributed by atoms with E-state index in [1.165, 1.54) is 15.9 Å². The smallest absolute Gasteiger partial charge is 0.267 e. The molecule has 2 aromatic heterocycles. The highest BCUT2D eigenvalue weighted by Gasteiger charge is 2.22. The molecule has 130 valence electrons. The van der Waals surface area contributed by atoms with Crippen LogP contribution in [0.2, 0.25) is 0 Å². The number of nitrogens with zero attached hydrogens (tertiary/aromatic N) is 1. The summed E-state index contributed by atoms with van der Waals surface area (Å²) < 4.78 is 2.05. The molecule has 0 bridgehead atoms. The lowest BCUT2D eigenvalue weighted by molar-refractivity contribution is 0.102. The van der Waals surface area contributed by atoms with Gasteiger partial charge in [-0.25, -0.2) is 0 Å². The van der Waals surface area contributed by atoms with Crippen LogP contribution in [0.3, 0.4) is 0 Å². The maximum Gasteiger partial charge on any atom is 0.267 e.